The van der Waals surface area contributed by atoms with Crippen LogP contribution >= 0.6 is 23.2 Å². The molecule has 118 valence electrons. The molecular weight excluding hydrogens is 333 g/mol. The molecule has 0 aliphatic carbocycles. The number of halogens is 2. The van der Waals surface area contributed by atoms with Crippen LogP contribution in [0.25, 0.3) is 0 Å². The van der Waals surface area contributed by atoms with Crippen molar-refractivity contribution >= 4 is 33.2 Å². The van der Waals surface area contributed by atoms with Gasteiger partial charge in [0.2, 0.25) is 10.0 Å². The van der Waals surface area contributed by atoms with Gasteiger partial charge in [-0.3, -0.25) is 4.90 Å². The number of pyridine rings is 1. The quantitative estimate of drug-likeness (QED) is 0.764. The fourth-order valence-corrected chi connectivity index (χ4v) is 4.15. The molecule has 0 amide bonds. The molecule has 0 radical (unpaired) electrons. The van der Waals surface area contributed by atoms with E-state index in [1.54, 1.807) is 7.05 Å². The Kier molecular flexibility index (Phi) is 5.48. The Bertz CT molecular complexity index is 609. The summed E-state index contributed by atoms with van der Waals surface area (Å²) in [6, 6.07) is 1.61. The molecule has 0 spiro atoms. The third kappa shape index (κ3) is 3.68. The summed E-state index contributed by atoms with van der Waals surface area (Å²) < 4.78 is 26.5. The van der Waals surface area contributed by atoms with E-state index >= 15 is 0 Å². The van der Waals surface area contributed by atoms with Crippen LogP contribution in [0.5, 0.6) is 0 Å². The Morgan fingerprint density at radius 3 is 2.81 bits per heavy atom. The minimum atomic E-state index is -3.60. The van der Waals surface area contributed by atoms with Crippen LogP contribution in [0.3, 0.4) is 0 Å². The molecule has 0 N–H and O–H groups in total. The summed E-state index contributed by atoms with van der Waals surface area (Å²) in [5, 5.41) is 0.244. The van der Waals surface area contributed by atoms with E-state index < -0.39 is 10.0 Å². The molecule has 1 unspecified atom stereocenters. The average Bonchev–Trinajstić information content (AvgIpc) is 2.88. The van der Waals surface area contributed by atoms with Gasteiger partial charge in [-0.05, 0) is 32.0 Å². The highest BCUT2D eigenvalue weighted by Crippen LogP contribution is 2.25. The molecule has 1 fully saturated rings. The maximum Gasteiger partial charge on any atom is 0.244 e. The highest BCUT2D eigenvalue weighted by atomic mass is 35.5. The fraction of sp³-hybridized carbons (Fsp3) is 0.615. The first-order chi connectivity index (χ1) is 9.86. The number of likely N-dealkylation sites (N-methyl/N-ethyl adjacent to an activating group) is 2. The van der Waals surface area contributed by atoms with Gasteiger partial charge in [0.1, 0.15) is 10.0 Å². The number of hydrogen-bond donors (Lipinski definition) is 0. The van der Waals surface area contributed by atoms with E-state index in [0.717, 1.165) is 25.9 Å². The third-order valence-electron chi connectivity index (χ3n) is 3.85. The molecule has 1 aliphatic heterocycles. The monoisotopic (exact) mass is 351 g/mol. The molecular formula is C13H19Cl2N3O2S. The molecule has 1 aliphatic rings. The van der Waals surface area contributed by atoms with Crippen molar-refractivity contribution in [3.8, 4) is 0 Å². The maximum absolute atomic E-state index is 12.5. The zero-order valence-corrected chi connectivity index (χ0v) is 14.4. The molecule has 1 atom stereocenters. The van der Waals surface area contributed by atoms with Crippen molar-refractivity contribution in [3.63, 3.8) is 0 Å². The van der Waals surface area contributed by atoms with E-state index in [1.807, 2.05) is 0 Å². The first-order valence-electron chi connectivity index (χ1n) is 6.87. The predicted molar refractivity (Wildman–Crippen MR) is 84.3 cm³/mol. The number of aromatic nitrogens is 1. The first kappa shape index (κ1) is 17.0. The summed E-state index contributed by atoms with van der Waals surface area (Å²) in [6.45, 7) is 4.53. The Labute approximate surface area is 135 Å². The van der Waals surface area contributed by atoms with Crippen molar-refractivity contribution < 1.29 is 8.42 Å². The Morgan fingerprint density at radius 2 is 2.19 bits per heavy atom. The van der Waals surface area contributed by atoms with Crippen molar-refractivity contribution in [2.24, 2.45) is 0 Å². The maximum atomic E-state index is 12.5. The van der Waals surface area contributed by atoms with Crippen LogP contribution in [0.4, 0.5) is 0 Å². The lowest BCUT2D eigenvalue weighted by atomic mass is 10.2. The van der Waals surface area contributed by atoms with Gasteiger partial charge in [0.25, 0.3) is 0 Å². The van der Waals surface area contributed by atoms with E-state index in [-0.39, 0.29) is 21.1 Å². The highest BCUT2D eigenvalue weighted by Gasteiger charge is 2.29. The normalized spacial score (nSPS) is 20.3. The third-order valence-corrected chi connectivity index (χ3v) is 6.33. The zero-order chi connectivity index (χ0) is 15.6. The predicted octanol–water partition coefficient (Wildman–Crippen LogP) is 2.49. The molecule has 2 heterocycles. The molecule has 8 heteroatoms. The standard InChI is InChI=1S/C13H19Cl2N3O2S/c1-3-18-6-4-5-10(18)9-17(2)21(19,20)11-7-12(14)13(15)16-8-11/h7-8,10H,3-6,9H2,1-2H3. The van der Waals surface area contributed by atoms with Gasteiger partial charge in [0, 0.05) is 25.8 Å². The van der Waals surface area contributed by atoms with Crippen LogP contribution in [-0.4, -0.2) is 55.3 Å². The Balaban J connectivity index is 2.16. The smallest absolute Gasteiger partial charge is 0.244 e. The van der Waals surface area contributed by atoms with Gasteiger partial charge in [-0.25, -0.2) is 13.4 Å². The van der Waals surface area contributed by atoms with Gasteiger partial charge in [0.05, 0.1) is 5.02 Å². The summed E-state index contributed by atoms with van der Waals surface area (Å²) in [4.78, 5) is 6.18. The molecule has 0 bridgehead atoms. The van der Waals surface area contributed by atoms with Gasteiger partial charge in [0.15, 0.2) is 0 Å². The largest absolute Gasteiger partial charge is 0.299 e. The average molecular weight is 352 g/mol. The van der Waals surface area contributed by atoms with Crippen molar-refractivity contribution in [1.29, 1.82) is 0 Å². The summed E-state index contributed by atoms with van der Waals surface area (Å²) in [5.41, 5.74) is 0. The first-order valence-corrected chi connectivity index (χ1v) is 9.07. The van der Waals surface area contributed by atoms with E-state index in [9.17, 15) is 8.42 Å². The highest BCUT2D eigenvalue weighted by molar-refractivity contribution is 7.89. The van der Waals surface area contributed by atoms with E-state index in [2.05, 4.69) is 16.8 Å². The summed E-state index contributed by atoms with van der Waals surface area (Å²) in [5.74, 6) is 0. The molecule has 5 nitrogen and oxygen atoms in total. The summed E-state index contributed by atoms with van der Waals surface area (Å²) in [7, 11) is -2.01. The van der Waals surface area contributed by atoms with Crippen molar-refractivity contribution in [2.45, 2.75) is 30.7 Å². The van der Waals surface area contributed by atoms with Gasteiger partial charge in [-0.2, -0.15) is 4.31 Å². The van der Waals surface area contributed by atoms with Crippen molar-refractivity contribution in [2.75, 3.05) is 26.7 Å². The second-order valence-corrected chi connectivity index (χ2v) is 7.96. The van der Waals surface area contributed by atoms with Crippen LogP contribution in [0.15, 0.2) is 17.2 Å². The van der Waals surface area contributed by atoms with Gasteiger partial charge < -0.3 is 0 Å². The van der Waals surface area contributed by atoms with E-state index in [4.69, 9.17) is 23.2 Å². The SMILES string of the molecule is CCN1CCCC1CN(C)S(=O)(=O)c1cnc(Cl)c(Cl)c1. The molecule has 21 heavy (non-hydrogen) atoms. The van der Waals surface area contributed by atoms with Gasteiger partial charge >= 0.3 is 0 Å². The Morgan fingerprint density at radius 1 is 1.48 bits per heavy atom. The van der Waals surface area contributed by atoms with Crippen LogP contribution in [0.2, 0.25) is 10.2 Å². The molecule has 0 aromatic carbocycles. The lowest BCUT2D eigenvalue weighted by molar-refractivity contribution is 0.237. The molecule has 1 aromatic heterocycles. The van der Waals surface area contributed by atoms with Crippen LogP contribution in [-0.2, 0) is 10.0 Å². The molecule has 1 saturated heterocycles. The lowest BCUT2D eigenvalue weighted by Crippen LogP contribution is -2.41. The molecule has 0 saturated carbocycles. The van der Waals surface area contributed by atoms with E-state index in [0.29, 0.717) is 6.54 Å². The summed E-state index contributed by atoms with van der Waals surface area (Å²) in [6.07, 6.45) is 3.38. The minimum absolute atomic E-state index is 0.0699. The molecule has 2 rings (SSSR count). The second kappa shape index (κ2) is 6.79. The number of nitrogens with zero attached hydrogens (tertiary/aromatic N) is 3. The number of likely N-dealkylation sites (tertiary alicyclic amines) is 1. The molecule has 1 aromatic rings. The Hall–Kier alpha value is -0.400. The lowest BCUT2D eigenvalue weighted by Gasteiger charge is -2.27. The minimum Gasteiger partial charge on any atom is -0.299 e. The number of hydrogen-bond acceptors (Lipinski definition) is 4. The fourth-order valence-electron chi connectivity index (χ4n) is 2.64. The van der Waals surface area contributed by atoms with Crippen LogP contribution in [0.1, 0.15) is 19.8 Å². The van der Waals surface area contributed by atoms with Crippen molar-refractivity contribution in [1.82, 2.24) is 14.2 Å². The number of sulfonamides is 1. The van der Waals surface area contributed by atoms with Crippen LogP contribution in [0, 0.1) is 0 Å². The zero-order valence-electron chi connectivity index (χ0n) is 12.1. The number of rotatable bonds is 5. The topological polar surface area (TPSA) is 53.5 Å². The second-order valence-electron chi connectivity index (χ2n) is 5.15. The van der Waals surface area contributed by atoms with Crippen molar-refractivity contribution in [3.05, 3.63) is 22.4 Å². The summed E-state index contributed by atoms with van der Waals surface area (Å²) >= 11 is 11.6. The van der Waals surface area contributed by atoms with E-state index in [1.165, 1.54) is 16.6 Å². The van der Waals surface area contributed by atoms with Gasteiger partial charge in [-0.15, -0.1) is 0 Å². The van der Waals surface area contributed by atoms with Gasteiger partial charge in [-0.1, -0.05) is 30.1 Å². The van der Waals surface area contributed by atoms with Crippen LogP contribution < -0.4 is 0 Å².